The lowest BCUT2D eigenvalue weighted by atomic mass is 10.1. The number of benzene rings is 2. The van der Waals surface area contributed by atoms with E-state index in [-0.39, 0.29) is 18.3 Å². The summed E-state index contributed by atoms with van der Waals surface area (Å²) in [5.74, 6) is 0.132. The smallest absolute Gasteiger partial charge is 0.307 e. The Bertz CT molecular complexity index is 1220. The number of nitrogens with zero attached hydrogens (tertiary/aromatic N) is 2. The SMILES string of the molecule is COC(=O)CC(NC(=O)c1ccc(-c2nnc(-c3cccc(C)c3)o2)cc1)c1cccs1. The van der Waals surface area contributed by atoms with Crippen molar-refractivity contribution in [3.63, 3.8) is 0 Å². The van der Waals surface area contributed by atoms with Gasteiger partial charge in [0.05, 0.1) is 19.6 Å². The van der Waals surface area contributed by atoms with E-state index in [2.05, 4.69) is 15.5 Å². The van der Waals surface area contributed by atoms with Crippen LogP contribution in [0.3, 0.4) is 0 Å². The minimum atomic E-state index is -0.456. The van der Waals surface area contributed by atoms with E-state index in [1.807, 2.05) is 48.7 Å². The van der Waals surface area contributed by atoms with Crippen molar-refractivity contribution in [2.24, 2.45) is 0 Å². The van der Waals surface area contributed by atoms with Crippen LogP contribution in [0.4, 0.5) is 0 Å². The van der Waals surface area contributed by atoms with E-state index in [0.29, 0.717) is 22.9 Å². The summed E-state index contributed by atoms with van der Waals surface area (Å²) in [6, 6.07) is 18.0. The second-order valence-corrected chi connectivity index (χ2v) is 8.16. The van der Waals surface area contributed by atoms with Crippen molar-refractivity contribution in [3.8, 4) is 22.9 Å². The number of rotatable bonds is 7. The fourth-order valence-corrected chi connectivity index (χ4v) is 3.98. The summed E-state index contributed by atoms with van der Waals surface area (Å²) in [5.41, 5.74) is 3.12. The fourth-order valence-electron chi connectivity index (χ4n) is 3.20. The number of carbonyl (C=O) groups is 2. The molecule has 2 aromatic carbocycles. The molecule has 0 radical (unpaired) electrons. The van der Waals surface area contributed by atoms with Crippen LogP contribution in [0.5, 0.6) is 0 Å². The molecule has 0 bridgehead atoms. The first-order valence-electron chi connectivity index (χ1n) is 9.95. The average Bonchev–Trinajstić information content (AvgIpc) is 3.51. The maximum Gasteiger partial charge on any atom is 0.307 e. The molecule has 1 amide bonds. The highest BCUT2D eigenvalue weighted by molar-refractivity contribution is 7.10. The zero-order chi connectivity index (χ0) is 22.5. The van der Waals surface area contributed by atoms with Crippen LogP contribution in [-0.4, -0.2) is 29.2 Å². The van der Waals surface area contributed by atoms with E-state index in [1.54, 1.807) is 24.3 Å². The maximum absolute atomic E-state index is 12.8. The summed E-state index contributed by atoms with van der Waals surface area (Å²) in [4.78, 5) is 25.4. The number of nitrogens with one attached hydrogen (secondary N) is 1. The van der Waals surface area contributed by atoms with Gasteiger partial charge in [-0.3, -0.25) is 9.59 Å². The van der Waals surface area contributed by atoms with Gasteiger partial charge in [0, 0.05) is 21.6 Å². The predicted molar refractivity (Wildman–Crippen MR) is 121 cm³/mol. The summed E-state index contributed by atoms with van der Waals surface area (Å²) in [6.07, 6.45) is 0.0601. The van der Waals surface area contributed by atoms with Crippen LogP contribution in [-0.2, 0) is 9.53 Å². The van der Waals surface area contributed by atoms with Crippen LogP contribution in [0.15, 0.2) is 70.5 Å². The van der Waals surface area contributed by atoms with Crippen molar-refractivity contribution >= 4 is 23.2 Å². The average molecular weight is 448 g/mol. The summed E-state index contributed by atoms with van der Waals surface area (Å²) in [6.45, 7) is 2.00. The second kappa shape index (κ2) is 9.57. The molecule has 8 heteroatoms. The molecule has 1 atom stereocenters. The third-order valence-electron chi connectivity index (χ3n) is 4.87. The van der Waals surface area contributed by atoms with Gasteiger partial charge in [-0.15, -0.1) is 21.5 Å². The molecule has 1 N–H and O–H groups in total. The Balaban J connectivity index is 1.48. The van der Waals surface area contributed by atoms with Gasteiger partial charge in [-0.1, -0.05) is 23.8 Å². The van der Waals surface area contributed by atoms with Crippen molar-refractivity contribution in [1.82, 2.24) is 15.5 Å². The lowest BCUT2D eigenvalue weighted by Crippen LogP contribution is -2.30. The van der Waals surface area contributed by atoms with E-state index < -0.39 is 6.04 Å². The van der Waals surface area contributed by atoms with Crippen molar-refractivity contribution in [2.75, 3.05) is 7.11 Å². The van der Waals surface area contributed by atoms with E-state index in [9.17, 15) is 9.59 Å². The van der Waals surface area contributed by atoms with Crippen molar-refractivity contribution < 1.29 is 18.7 Å². The minimum absolute atomic E-state index is 0.0601. The first-order valence-corrected chi connectivity index (χ1v) is 10.8. The fraction of sp³-hybridized carbons (Fsp3) is 0.167. The van der Waals surface area contributed by atoms with E-state index in [0.717, 1.165) is 16.0 Å². The number of thiophene rings is 1. The number of ether oxygens (including phenoxy) is 1. The number of carbonyl (C=O) groups excluding carboxylic acids is 2. The third kappa shape index (κ3) is 4.92. The van der Waals surface area contributed by atoms with Crippen LogP contribution in [0.1, 0.15) is 33.3 Å². The summed E-state index contributed by atoms with van der Waals surface area (Å²) < 4.78 is 10.6. The van der Waals surface area contributed by atoms with Gasteiger partial charge in [-0.05, 0) is 54.8 Å². The molecule has 0 saturated carbocycles. The molecular weight excluding hydrogens is 426 g/mol. The predicted octanol–water partition coefficient (Wildman–Crippen LogP) is 4.81. The highest BCUT2D eigenvalue weighted by atomic mass is 32.1. The first-order chi connectivity index (χ1) is 15.5. The number of amides is 1. The monoisotopic (exact) mass is 447 g/mol. The third-order valence-corrected chi connectivity index (χ3v) is 5.86. The van der Waals surface area contributed by atoms with Gasteiger partial charge in [0.2, 0.25) is 11.8 Å². The normalized spacial score (nSPS) is 11.7. The van der Waals surface area contributed by atoms with E-state index in [4.69, 9.17) is 9.15 Å². The number of hydrogen-bond acceptors (Lipinski definition) is 7. The number of aryl methyl sites for hydroxylation is 1. The van der Waals surface area contributed by atoms with Gasteiger partial charge < -0.3 is 14.5 Å². The largest absolute Gasteiger partial charge is 0.469 e. The standard InChI is InChI=1S/C24H21N3O4S/c1-15-5-3-6-18(13-15)24-27-26-23(31-24)17-10-8-16(9-11-17)22(29)25-19(14-21(28)30-2)20-7-4-12-32-20/h3-13,19H,14H2,1-2H3,(H,25,29). The number of methoxy groups -OCH3 is 1. The number of aromatic nitrogens is 2. The highest BCUT2D eigenvalue weighted by Crippen LogP contribution is 2.26. The molecule has 2 aromatic heterocycles. The van der Waals surface area contributed by atoms with Crippen molar-refractivity contribution in [1.29, 1.82) is 0 Å². The Labute approximate surface area is 189 Å². The molecule has 0 spiro atoms. The molecule has 0 aliphatic rings. The molecule has 0 aliphatic carbocycles. The van der Waals surface area contributed by atoms with Crippen LogP contribution < -0.4 is 5.32 Å². The minimum Gasteiger partial charge on any atom is -0.469 e. The van der Waals surface area contributed by atoms with Gasteiger partial charge in [0.15, 0.2) is 0 Å². The molecule has 1 unspecified atom stereocenters. The Morgan fingerprint density at radius 1 is 1.03 bits per heavy atom. The molecule has 2 heterocycles. The van der Waals surface area contributed by atoms with Gasteiger partial charge in [0.1, 0.15) is 0 Å². The lowest BCUT2D eigenvalue weighted by molar-refractivity contribution is -0.141. The molecule has 4 rings (SSSR count). The molecule has 4 aromatic rings. The van der Waals surface area contributed by atoms with Crippen LogP contribution in [0.2, 0.25) is 0 Å². The summed E-state index contributed by atoms with van der Waals surface area (Å²) in [5, 5.41) is 13.1. The van der Waals surface area contributed by atoms with Gasteiger partial charge in [0.25, 0.3) is 5.91 Å². The zero-order valence-corrected chi connectivity index (χ0v) is 18.4. The molecule has 7 nitrogen and oxygen atoms in total. The van der Waals surface area contributed by atoms with Gasteiger partial charge in [-0.25, -0.2) is 0 Å². The van der Waals surface area contributed by atoms with E-state index >= 15 is 0 Å². The molecule has 0 aliphatic heterocycles. The van der Waals surface area contributed by atoms with E-state index in [1.165, 1.54) is 18.4 Å². The maximum atomic E-state index is 12.8. The highest BCUT2D eigenvalue weighted by Gasteiger charge is 2.21. The Morgan fingerprint density at radius 2 is 1.78 bits per heavy atom. The second-order valence-electron chi connectivity index (χ2n) is 7.18. The van der Waals surface area contributed by atoms with Crippen molar-refractivity contribution in [3.05, 3.63) is 82.0 Å². The zero-order valence-electron chi connectivity index (χ0n) is 17.6. The number of esters is 1. The Morgan fingerprint density at radius 3 is 2.44 bits per heavy atom. The molecule has 162 valence electrons. The topological polar surface area (TPSA) is 94.3 Å². The first kappa shape index (κ1) is 21.5. The van der Waals surface area contributed by atoms with Gasteiger partial charge >= 0.3 is 5.97 Å². The molecule has 32 heavy (non-hydrogen) atoms. The van der Waals surface area contributed by atoms with Crippen molar-refractivity contribution in [2.45, 2.75) is 19.4 Å². The van der Waals surface area contributed by atoms with Gasteiger partial charge in [-0.2, -0.15) is 0 Å². The van der Waals surface area contributed by atoms with Crippen LogP contribution in [0, 0.1) is 6.92 Å². The Kier molecular flexibility index (Phi) is 6.42. The van der Waals surface area contributed by atoms with Crippen LogP contribution >= 0.6 is 11.3 Å². The lowest BCUT2D eigenvalue weighted by Gasteiger charge is -2.16. The molecule has 0 saturated heterocycles. The molecule has 0 fully saturated rings. The summed E-state index contributed by atoms with van der Waals surface area (Å²) in [7, 11) is 1.33. The number of hydrogen-bond donors (Lipinski definition) is 1. The van der Waals surface area contributed by atoms with Crippen LogP contribution in [0.25, 0.3) is 22.9 Å². The Hall–Kier alpha value is -3.78. The summed E-state index contributed by atoms with van der Waals surface area (Å²) >= 11 is 1.47. The molecular formula is C24H21N3O4S. The quantitative estimate of drug-likeness (QED) is 0.409.